The van der Waals surface area contributed by atoms with E-state index in [1.807, 2.05) is 43.3 Å². The van der Waals surface area contributed by atoms with Crippen molar-refractivity contribution in [3.63, 3.8) is 0 Å². The molecule has 34 heavy (non-hydrogen) atoms. The number of carbonyl (C=O) groups excluding carboxylic acids is 2. The van der Waals surface area contributed by atoms with Gasteiger partial charge in [0, 0.05) is 36.9 Å². The van der Waals surface area contributed by atoms with Gasteiger partial charge in [0.15, 0.2) is 5.13 Å². The van der Waals surface area contributed by atoms with E-state index in [2.05, 4.69) is 11.9 Å². The van der Waals surface area contributed by atoms with E-state index in [-0.39, 0.29) is 11.3 Å². The van der Waals surface area contributed by atoms with E-state index >= 15 is 0 Å². The number of rotatable bonds is 8. The Bertz CT molecular complexity index is 1200. The summed E-state index contributed by atoms with van der Waals surface area (Å²) in [6.45, 7) is 2.64. The van der Waals surface area contributed by atoms with E-state index in [0.717, 1.165) is 18.5 Å². The molecule has 1 N–H and O–H groups in total. The minimum Gasteiger partial charge on any atom is -0.507 e. The molecule has 0 spiro atoms. The summed E-state index contributed by atoms with van der Waals surface area (Å²) in [7, 11) is 3.87. The van der Waals surface area contributed by atoms with Crippen molar-refractivity contribution in [3.05, 3.63) is 76.8 Å². The predicted octanol–water partition coefficient (Wildman–Crippen LogP) is 5.01. The molecule has 1 unspecified atom stereocenters. The van der Waals surface area contributed by atoms with Crippen LogP contribution in [0.4, 0.5) is 10.8 Å². The van der Waals surface area contributed by atoms with Gasteiger partial charge in [0.25, 0.3) is 5.78 Å². The standard InChI is InChI=1S/C26H27N3O4S/c1-4-5-14-33-20-8-6-7-18(16-20)23(30)21-22(17-9-11-19(12-10-17)28(2)3)29(25(32)24(21)31)26-27-13-15-34-26/h6-13,15-16,22,30H,4-5,14H2,1-3H3/b23-21+. The molecule has 0 bridgehead atoms. The van der Waals surface area contributed by atoms with Gasteiger partial charge >= 0.3 is 5.91 Å². The Morgan fingerprint density at radius 3 is 2.59 bits per heavy atom. The molecule has 1 atom stereocenters. The summed E-state index contributed by atoms with van der Waals surface area (Å²) in [5, 5.41) is 13.4. The van der Waals surface area contributed by atoms with E-state index in [1.54, 1.807) is 35.8 Å². The lowest BCUT2D eigenvalue weighted by Gasteiger charge is -2.23. The van der Waals surface area contributed by atoms with Crippen LogP contribution in [0.3, 0.4) is 0 Å². The fourth-order valence-electron chi connectivity index (χ4n) is 3.86. The molecule has 1 aliphatic rings. The molecule has 0 aliphatic carbocycles. The summed E-state index contributed by atoms with van der Waals surface area (Å²) in [6.07, 6.45) is 3.51. The molecular formula is C26H27N3O4S. The number of hydrogen-bond acceptors (Lipinski definition) is 7. The van der Waals surface area contributed by atoms with Gasteiger partial charge in [-0.2, -0.15) is 0 Å². The first-order valence-corrected chi connectivity index (χ1v) is 12.0. The van der Waals surface area contributed by atoms with Crippen molar-refractivity contribution in [3.8, 4) is 5.75 Å². The largest absolute Gasteiger partial charge is 0.507 e. The number of benzene rings is 2. The van der Waals surface area contributed by atoms with Crippen molar-refractivity contribution in [1.29, 1.82) is 0 Å². The number of anilines is 2. The SMILES string of the molecule is CCCCOc1cccc(/C(O)=C2\C(=O)C(=O)N(c3nccs3)C2c2ccc(N(C)C)cc2)c1. The number of ketones is 1. The highest BCUT2D eigenvalue weighted by molar-refractivity contribution is 7.14. The summed E-state index contributed by atoms with van der Waals surface area (Å²) in [5.41, 5.74) is 2.13. The average molecular weight is 478 g/mol. The van der Waals surface area contributed by atoms with E-state index in [4.69, 9.17) is 4.74 Å². The van der Waals surface area contributed by atoms with Crippen molar-refractivity contribution in [2.75, 3.05) is 30.5 Å². The van der Waals surface area contributed by atoms with E-state index < -0.39 is 17.7 Å². The number of carbonyl (C=O) groups is 2. The third-order valence-corrected chi connectivity index (χ3v) is 6.44. The van der Waals surface area contributed by atoms with Crippen LogP contribution in [0.15, 0.2) is 65.7 Å². The number of nitrogens with zero attached hydrogens (tertiary/aromatic N) is 3. The Labute approximate surface area is 202 Å². The Balaban J connectivity index is 1.82. The molecule has 2 heterocycles. The maximum atomic E-state index is 13.2. The smallest absolute Gasteiger partial charge is 0.301 e. The van der Waals surface area contributed by atoms with Crippen molar-refractivity contribution < 1.29 is 19.4 Å². The number of Topliss-reactive ketones (excluding diaryl/α,β-unsaturated/α-hetero) is 1. The van der Waals surface area contributed by atoms with Crippen molar-refractivity contribution in [1.82, 2.24) is 4.98 Å². The van der Waals surface area contributed by atoms with Crippen LogP contribution in [0.5, 0.6) is 5.75 Å². The van der Waals surface area contributed by atoms with Crippen LogP contribution in [-0.4, -0.2) is 42.5 Å². The Morgan fingerprint density at radius 2 is 1.94 bits per heavy atom. The highest BCUT2D eigenvalue weighted by Gasteiger charge is 2.48. The second-order valence-corrected chi connectivity index (χ2v) is 9.07. The third kappa shape index (κ3) is 4.54. The molecular weight excluding hydrogens is 450 g/mol. The fraction of sp³-hybridized carbons (Fsp3) is 0.269. The molecule has 4 rings (SSSR count). The number of unbranched alkanes of at least 4 members (excludes halogenated alkanes) is 1. The highest BCUT2D eigenvalue weighted by Crippen LogP contribution is 2.43. The van der Waals surface area contributed by atoms with Gasteiger partial charge < -0.3 is 14.7 Å². The molecule has 1 fully saturated rings. The first kappa shape index (κ1) is 23.5. The molecule has 176 valence electrons. The van der Waals surface area contributed by atoms with E-state index in [1.165, 1.54) is 16.2 Å². The first-order chi connectivity index (χ1) is 16.4. The van der Waals surface area contributed by atoms with Gasteiger partial charge in [-0.05, 0) is 36.2 Å². The van der Waals surface area contributed by atoms with E-state index in [9.17, 15) is 14.7 Å². The minimum absolute atomic E-state index is 0.0310. The van der Waals surface area contributed by atoms with Crippen LogP contribution in [-0.2, 0) is 9.59 Å². The van der Waals surface area contributed by atoms with Crippen LogP contribution in [0.25, 0.3) is 5.76 Å². The van der Waals surface area contributed by atoms with Gasteiger partial charge in [0.2, 0.25) is 0 Å². The topological polar surface area (TPSA) is 83.0 Å². The second kappa shape index (κ2) is 10.1. The lowest BCUT2D eigenvalue weighted by molar-refractivity contribution is -0.132. The number of ether oxygens (including phenoxy) is 1. The van der Waals surface area contributed by atoms with Gasteiger partial charge in [-0.1, -0.05) is 37.6 Å². The Kier molecular flexibility index (Phi) is 6.98. The molecule has 8 heteroatoms. The number of aliphatic hydroxyl groups excluding tert-OH is 1. The molecule has 1 aliphatic heterocycles. The third-order valence-electron chi connectivity index (χ3n) is 5.67. The number of amides is 1. The van der Waals surface area contributed by atoms with Gasteiger partial charge in [0.05, 0.1) is 18.2 Å². The maximum Gasteiger partial charge on any atom is 0.301 e. The normalized spacial score (nSPS) is 17.3. The monoisotopic (exact) mass is 477 g/mol. The summed E-state index contributed by atoms with van der Waals surface area (Å²) >= 11 is 1.26. The average Bonchev–Trinajstić information content (AvgIpc) is 3.46. The quantitative estimate of drug-likeness (QED) is 0.212. The molecule has 3 aromatic rings. The van der Waals surface area contributed by atoms with Gasteiger partial charge in [-0.25, -0.2) is 4.98 Å². The van der Waals surface area contributed by atoms with Crippen LogP contribution >= 0.6 is 11.3 Å². The predicted molar refractivity (Wildman–Crippen MR) is 135 cm³/mol. The minimum atomic E-state index is -0.799. The Hall–Kier alpha value is -3.65. The zero-order valence-corrected chi connectivity index (χ0v) is 20.2. The summed E-state index contributed by atoms with van der Waals surface area (Å²) in [5.74, 6) is -1.10. The summed E-state index contributed by atoms with van der Waals surface area (Å²) in [4.78, 5) is 33.9. The Morgan fingerprint density at radius 1 is 1.18 bits per heavy atom. The van der Waals surface area contributed by atoms with Gasteiger partial charge in [-0.3, -0.25) is 14.5 Å². The zero-order chi connectivity index (χ0) is 24.2. The van der Waals surface area contributed by atoms with Crippen molar-refractivity contribution in [2.24, 2.45) is 0 Å². The van der Waals surface area contributed by atoms with Crippen LogP contribution in [0, 0.1) is 0 Å². The lowest BCUT2D eigenvalue weighted by Crippen LogP contribution is -2.29. The molecule has 1 saturated heterocycles. The van der Waals surface area contributed by atoms with Gasteiger partial charge in [0.1, 0.15) is 11.5 Å². The number of aromatic nitrogens is 1. The number of thiazole rings is 1. The summed E-state index contributed by atoms with van der Waals surface area (Å²) in [6, 6.07) is 13.7. The van der Waals surface area contributed by atoms with E-state index in [0.29, 0.717) is 28.6 Å². The molecule has 0 radical (unpaired) electrons. The van der Waals surface area contributed by atoms with Crippen molar-refractivity contribution >= 4 is 39.6 Å². The van der Waals surface area contributed by atoms with Gasteiger partial charge in [-0.15, -0.1) is 11.3 Å². The molecule has 1 amide bonds. The number of hydrogen-bond donors (Lipinski definition) is 1. The first-order valence-electron chi connectivity index (χ1n) is 11.1. The highest BCUT2D eigenvalue weighted by atomic mass is 32.1. The van der Waals surface area contributed by atoms with Crippen molar-refractivity contribution in [2.45, 2.75) is 25.8 Å². The molecule has 0 saturated carbocycles. The molecule has 1 aromatic heterocycles. The fourth-order valence-corrected chi connectivity index (χ4v) is 4.52. The lowest BCUT2D eigenvalue weighted by atomic mass is 9.95. The van der Waals surface area contributed by atoms with Crippen LogP contribution < -0.4 is 14.5 Å². The molecule has 7 nitrogen and oxygen atoms in total. The zero-order valence-electron chi connectivity index (χ0n) is 19.4. The maximum absolute atomic E-state index is 13.2. The second-order valence-electron chi connectivity index (χ2n) is 8.20. The van der Waals surface area contributed by atoms with Crippen LogP contribution in [0.1, 0.15) is 36.9 Å². The van der Waals surface area contributed by atoms with Crippen LogP contribution in [0.2, 0.25) is 0 Å². The number of aliphatic hydroxyl groups is 1. The molecule has 2 aromatic carbocycles. The summed E-state index contributed by atoms with van der Waals surface area (Å²) < 4.78 is 5.77.